The molecule has 0 heterocycles. The smallest absolute Gasteiger partial charge is 0.449 e. The van der Waals surface area contributed by atoms with Crippen LogP contribution in [0.15, 0.2) is 42.5 Å². The predicted octanol–water partition coefficient (Wildman–Crippen LogP) is 3.15. The van der Waals surface area contributed by atoms with E-state index in [2.05, 4.69) is 4.74 Å². The predicted molar refractivity (Wildman–Crippen MR) is 77.7 cm³/mol. The minimum Gasteiger partial charge on any atom is -0.449 e. The molecule has 9 nitrogen and oxygen atoms in total. The lowest BCUT2D eigenvalue weighted by molar-refractivity contribution is -0.395. The SMILES string of the molecule is O=C(O)Oc1ccc([N+](=O)[O-])c(Cc2ccccc2)c1[N+](=O)[O-]. The van der Waals surface area contributed by atoms with Crippen LogP contribution in [0.5, 0.6) is 5.75 Å². The lowest BCUT2D eigenvalue weighted by Gasteiger charge is -2.08. The van der Waals surface area contributed by atoms with Crippen LogP contribution in [0.2, 0.25) is 0 Å². The fourth-order valence-corrected chi connectivity index (χ4v) is 2.13. The van der Waals surface area contributed by atoms with E-state index in [9.17, 15) is 25.0 Å². The first-order valence-electron chi connectivity index (χ1n) is 6.29. The van der Waals surface area contributed by atoms with E-state index in [-0.39, 0.29) is 12.0 Å². The van der Waals surface area contributed by atoms with Crippen LogP contribution in [0.1, 0.15) is 11.1 Å². The van der Waals surface area contributed by atoms with Gasteiger partial charge in [-0.1, -0.05) is 30.3 Å². The van der Waals surface area contributed by atoms with Gasteiger partial charge < -0.3 is 9.84 Å². The molecule has 0 amide bonds. The van der Waals surface area contributed by atoms with Crippen LogP contribution in [0.25, 0.3) is 0 Å². The van der Waals surface area contributed by atoms with Crippen LogP contribution in [0, 0.1) is 20.2 Å². The minimum absolute atomic E-state index is 0.107. The molecule has 0 aromatic heterocycles. The number of rotatable bonds is 5. The Bertz CT molecular complexity index is 774. The van der Waals surface area contributed by atoms with Crippen molar-refractivity contribution in [3.05, 3.63) is 73.8 Å². The molecule has 9 heteroatoms. The molecule has 2 aromatic rings. The molecule has 118 valence electrons. The fourth-order valence-electron chi connectivity index (χ4n) is 2.13. The number of hydrogen-bond acceptors (Lipinski definition) is 6. The van der Waals surface area contributed by atoms with Crippen molar-refractivity contribution in [1.82, 2.24) is 0 Å². The molecule has 2 aromatic carbocycles. The van der Waals surface area contributed by atoms with Crippen molar-refractivity contribution >= 4 is 17.5 Å². The Balaban J connectivity index is 2.65. The van der Waals surface area contributed by atoms with Crippen molar-refractivity contribution in [2.75, 3.05) is 0 Å². The van der Waals surface area contributed by atoms with E-state index in [4.69, 9.17) is 5.11 Å². The van der Waals surface area contributed by atoms with Crippen LogP contribution in [0.3, 0.4) is 0 Å². The summed E-state index contributed by atoms with van der Waals surface area (Å²) in [6.07, 6.45) is -1.85. The summed E-state index contributed by atoms with van der Waals surface area (Å²) in [6.45, 7) is 0. The Morgan fingerprint density at radius 3 is 2.22 bits per heavy atom. The Morgan fingerprint density at radius 2 is 1.70 bits per heavy atom. The lowest BCUT2D eigenvalue weighted by Crippen LogP contribution is -2.09. The average Bonchev–Trinajstić information content (AvgIpc) is 2.47. The summed E-state index contributed by atoms with van der Waals surface area (Å²) in [5.74, 6) is -0.556. The van der Waals surface area contributed by atoms with E-state index in [1.165, 1.54) is 0 Å². The molecular formula is C14H10N2O7. The molecule has 0 unspecified atom stereocenters. The van der Waals surface area contributed by atoms with E-state index >= 15 is 0 Å². The van der Waals surface area contributed by atoms with Gasteiger partial charge in [0.05, 0.1) is 9.85 Å². The second kappa shape index (κ2) is 6.52. The zero-order valence-corrected chi connectivity index (χ0v) is 11.5. The number of benzene rings is 2. The third kappa shape index (κ3) is 3.59. The van der Waals surface area contributed by atoms with E-state index < -0.39 is 33.1 Å². The molecule has 0 fully saturated rings. The number of nitro benzene ring substituents is 2. The van der Waals surface area contributed by atoms with Gasteiger partial charge in [0.1, 0.15) is 5.56 Å². The highest BCUT2D eigenvalue weighted by Crippen LogP contribution is 2.38. The molecule has 0 saturated carbocycles. The van der Waals surface area contributed by atoms with Gasteiger partial charge in [-0.3, -0.25) is 20.2 Å². The third-order valence-electron chi connectivity index (χ3n) is 3.02. The topological polar surface area (TPSA) is 133 Å². The maximum atomic E-state index is 11.3. The van der Waals surface area contributed by atoms with Gasteiger partial charge in [-0.2, -0.15) is 0 Å². The summed E-state index contributed by atoms with van der Waals surface area (Å²) in [7, 11) is 0. The maximum absolute atomic E-state index is 11.3. The van der Waals surface area contributed by atoms with Crippen LogP contribution < -0.4 is 4.74 Å². The summed E-state index contributed by atoms with van der Waals surface area (Å²) < 4.78 is 4.37. The van der Waals surface area contributed by atoms with Gasteiger partial charge >= 0.3 is 11.8 Å². The zero-order valence-electron chi connectivity index (χ0n) is 11.5. The van der Waals surface area contributed by atoms with E-state index in [0.29, 0.717) is 5.56 Å². The van der Waals surface area contributed by atoms with Gasteiger partial charge in [0, 0.05) is 12.5 Å². The van der Waals surface area contributed by atoms with Crippen molar-refractivity contribution in [2.24, 2.45) is 0 Å². The van der Waals surface area contributed by atoms with E-state index in [0.717, 1.165) is 12.1 Å². The van der Waals surface area contributed by atoms with Gasteiger partial charge in [0.15, 0.2) is 0 Å². The van der Waals surface area contributed by atoms with Crippen molar-refractivity contribution in [3.8, 4) is 5.75 Å². The van der Waals surface area contributed by atoms with Crippen molar-refractivity contribution in [1.29, 1.82) is 0 Å². The number of ether oxygens (including phenoxy) is 1. The lowest BCUT2D eigenvalue weighted by atomic mass is 10.0. The number of carboxylic acid groups (broad SMARTS) is 1. The van der Waals surface area contributed by atoms with E-state index in [1.54, 1.807) is 30.3 Å². The van der Waals surface area contributed by atoms with Gasteiger partial charge in [0.25, 0.3) is 5.69 Å². The second-order valence-corrected chi connectivity index (χ2v) is 4.45. The standard InChI is InChI=1S/C14H10N2O7/c17-14(18)23-12-7-6-11(15(19)20)10(13(12)16(21)22)8-9-4-2-1-3-5-9/h1-7H,8H2,(H,17,18). The first-order chi connectivity index (χ1) is 10.9. The molecule has 1 N–H and O–H groups in total. The summed E-state index contributed by atoms with van der Waals surface area (Å²) in [5.41, 5.74) is -0.820. The number of nitrogens with zero attached hydrogens (tertiary/aromatic N) is 2. The Hall–Kier alpha value is -3.49. The van der Waals surface area contributed by atoms with Crippen LogP contribution in [-0.2, 0) is 6.42 Å². The van der Waals surface area contributed by atoms with Crippen molar-refractivity contribution < 1.29 is 24.5 Å². The van der Waals surface area contributed by atoms with Crippen molar-refractivity contribution in [2.45, 2.75) is 6.42 Å². The molecule has 0 atom stereocenters. The van der Waals surface area contributed by atoms with Gasteiger partial charge in [0.2, 0.25) is 5.75 Å². The molecular weight excluding hydrogens is 308 g/mol. The van der Waals surface area contributed by atoms with Gasteiger partial charge in [-0.15, -0.1) is 0 Å². The summed E-state index contributed by atoms with van der Waals surface area (Å²) >= 11 is 0. The Morgan fingerprint density at radius 1 is 1.04 bits per heavy atom. The monoisotopic (exact) mass is 318 g/mol. The van der Waals surface area contributed by atoms with Crippen LogP contribution in [-0.4, -0.2) is 21.1 Å². The fraction of sp³-hybridized carbons (Fsp3) is 0.0714. The highest BCUT2D eigenvalue weighted by Gasteiger charge is 2.31. The molecule has 0 aliphatic heterocycles. The normalized spacial score (nSPS) is 10.1. The zero-order chi connectivity index (χ0) is 17.0. The molecule has 0 aliphatic rings. The van der Waals surface area contributed by atoms with Crippen molar-refractivity contribution in [3.63, 3.8) is 0 Å². The molecule has 0 saturated heterocycles. The van der Waals surface area contributed by atoms with Crippen LogP contribution in [0.4, 0.5) is 16.2 Å². The first-order valence-corrected chi connectivity index (χ1v) is 6.29. The average molecular weight is 318 g/mol. The van der Waals surface area contributed by atoms with Gasteiger partial charge in [-0.05, 0) is 11.6 Å². The quantitative estimate of drug-likeness (QED) is 0.387. The van der Waals surface area contributed by atoms with Crippen LogP contribution >= 0.6 is 0 Å². The minimum atomic E-state index is -1.74. The first kappa shape index (κ1) is 15.9. The third-order valence-corrected chi connectivity index (χ3v) is 3.02. The highest BCUT2D eigenvalue weighted by atomic mass is 16.7. The Labute approximate surface area is 129 Å². The molecule has 0 radical (unpaired) electrons. The van der Waals surface area contributed by atoms with E-state index in [1.807, 2.05) is 0 Å². The largest absolute Gasteiger partial charge is 0.511 e. The molecule has 23 heavy (non-hydrogen) atoms. The summed E-state index contributed by atoms with van der Waals surface area (Å²) in [4.78, 5) is 31.5. The molecule has 0 spiro atoms. The number of nitro groups is 2. The summed E-state index contributed by atoms with van der Waals surface area (Å²) in [5, 5.41) is 31.1. The second-order valence-electron chi connectivity index (χ2n) is 4.45. The Kier molecular flexibility index (Phi) is 4.50. The number of carbonyl (C=O) groups is 1. The maximum Gasteiger partial charge on any atom is 0.511 e. The number of hydrogen-bond donors (Lipinski definition) is 1. The molecule has 0 bridgehead atoms. The molecule has 2 rings (SSSR count). The highest BCUT2D eigenvalue weighted by molar-refractivity contribution is 5.69. The molecule has 0 aliphatic carbocycles. The summed E-state index contributed by atoms with van der Waals surface area (Å²) in [6, 6.07) is 10.3. The van der Waals surface area contributed by atoms with Gasteiger partial charge in [-0.25, -0.2) is 4.79 Å².